The van der Waals surface area contributed by atoms with Gasteiger partial charge in [0.05, 0.1) is 13.3 Å². The number of rotatable bonds is 4. The van der Waals surface area contributed by atoms with Gasteiger partial charge in [0.1, 0.15) is 5.75 Å². The molecule has 0 saturated carbocycles. The maximum absolute atomic E-state index is 5.17. The summed E-state index contributed by atoms with van der Waals surface area (Å²) in [5.41, 5.74) is 1.11. The number of nitrogens with zero attached hydrogens (tertiary/aromatic N) is 2. The van der Waals surface area contributed by atoms with Crippen LogP contribution >= 0.6 is 12.2 Å². The Morgan fingerprint density at radius 3 is 2.68 bits per heavy atom. The maximum atomic E-state index is 5.17. The minimum absolute atomic E-state index is 0.510. The molecule has 2 N–H and O–H groups in total. The van der Waals surface area contributed by atoms with E-state index in [1.54, 1.807) is 25.7 Å². The van der Waals surface area contributed by atoms with Crippen LogP contribution in [0.2, 0.25) is 0 Å². The predicted molar refractivity (Wildman–Crippen MR) is 78.1 cm³/mol. The van der Waals surface area contributed by atoms with Crippen molar-refractivity contribution in [2.24, 2.45) is 0 Å². The minimum atomic E-state index is 0.510. The van der Waals surface area contributed by atoms with E-state index in [4.69, 9.17) is 17.0 Å². The normalized spacial score (nSPS) is 9.74. The molecule has 0 aliphatic rings. The predicted octanol–water partition coefficient (Wildman–Crippen LogP) is 1.97. The van der Waals surface area contributed by atoms with Crippen molar-refractivity contribution in [1.82, 2.24) is 15.3 Å². The van der Waals surface area contributed by atoms with Gasteiger partial charge in [-0.25, -0.2) is 4.98 Å². The van der Waals surface area contributed by atoms with Crippen LogP contribution in [0, 0.1) is 0 Å². The van der Waals surface area contributed by atoms with Gasteiger partial charge >= 0.3 is 0 Å². The van der Waals surface area contributed by atoms with Gasteiger partial charge in [-0.2, -0.15) is 0 Å². The monoisotopic (exact) mass is 274 g/mol. The van der Waals surface area contributed by atoms with Gasteiger partial charge in [-0.15, -0.1) is 0 Å². The molecular weight excluding hydrogens is 260 g/mol. The van der Waals surface area contributed by atoms with Crippen molar-refractivity contribution in [3.8, 4) is 5.75 Å². The van der Waals surface area contributed by atoms with Gasteiger partial charge < -0.3 is 15.4 Å². The van der Waals surface area contributed by atoms with Crippen molar-refractivity contribution in [1.29, 1.82) is 0 Å². The van der Waals surface area contributed by atoms with Crippen molar-refractivity contribution >= 4 is 23.1 Å². The summed E-state index contributed by atoms with van der Waals surface area (Å²) in [5, 5.41) is 6.56. The second kappa shape index (κ2) is 6.65. The zero-order valence-electron chi connectivity index (χ0n) is 10.5. The lowest BCUT2D eigenvalue weighted by molar-refractivity contribution is 0.414. The van der Waals surface area contributed by atoms with Crippen LogP contribution in [0.4, 0.5) is 5.82 Å². The molecule has 1 aromatic heterocycles. The average Bonchev–Trinajstić information content (AvgIpc) is 2.47. The number of aromatic nitrogens is 2. The van der Waals surface area contributed by atoms with Crippen molar-refractivity contribution in [3.63, 3.8) is 0 Å². The standard InChI is InChI=1S/C13H14N4OS/c1-18-11-4-2-10(3-5-11)8-16-13(19)17-12-9-14-6-7-15-12/h2-7,9H,8H2,1H3,(H2,15,16,17,19). The van der Waals surface area contributed by atoms with Gasteiger partial charge in [0.25, 0.3) is 0 Å². The summed E-state index contributed by atoms with van der Waals surface area (Å²) in [6.45, 7) is 0.635. The number of hydrogen-bond acceptors (Lipinski definition) is 4. The fourth-order valence-corrected chi connectivity index (χ4v) is 1.63. The molecule has 0 spiro atoms. The van der Waals surface area contributed by atoms with Gasteiger partial charge in [-0.1, -0.05) is 12.1 Å². The average molecular weight is 274 g/mol. The van der Waals surface area contributed by atoms with Gasteiger partial charge in [-0.05, 0) is 29.9 Å². The maximum Gasteiger partial charge on any atom is 0.172 e. The topological polar surface area (TPSA) is 59.1 Å². The molecule has 0 fully saturated rings. The van der Waals surface area contributed by atoms with Gasteiger partial charge in [0.2, 0.25) is 0 Å². The molecule has 0 unspecified atom stereocenters. The van der Waals surface area contributed by atoms with E-state index in [2.05, 4.69) is 20.6 Å². The second-order valence-corrected chi connectivity index (χ2v) is 4.15. The number of benzene rings is 1. The minimum Gasteiger partial charge on any atom is -0.497 e. The quantitative estimate of drug-likeness (QED) is 0.831. The molecule has 2 rings (SSSR count). The van der Waals surface area contributed by atoms with E-state index in [1.165, 1.54) is 0 Å². The molecule has 0 saturated heterocycles. The molecule has 0 aliphatic heterocycles. The third-order valence-electron chi connectivity index (χ3n) is 2.42. The number of thiocarbonyl (C=S) groups is 1. The lowest BCUT2D eigenvalue weighted by Gasteiger charge is -2.09. The molecule has 0 amide bonds. The molecule has 98 valence electrons. The van der Waals surface area contributed by atoms with Crippen LogP contribution in [0.5, 0.6) is 5.75 Å². The highest BCUT2D eigenvalue weighted by atomic mass is 32.1. The molecule has 2 aromatic rings. The van der Waals surface area contributed by atoms with Crippen molar-refractivity contribution < 1.29 is 4.74 Å². The highest BCUT2D eigenvalue weighted by Gasteiger charge is 1.99. The lowest BCUT2D eigenvalue weighted by atomic mass is 10.2. The molecule has 0 atom stereocenters. The smallest absolute Gasteiger partial charge is 0.172 e. The van der Waals surface area contributed by atoms with Crippen LogP contribution in [0.25, 0.3) is 0 Å². The Balaban J connectivity index is 1.83. The zero-order chi connectivity index (χ0) is 13.5. The number of hydrogen-bond donors (Lipinski definition) is 2. The Hall–Kier alpha value is -2.21. The summed E-state index contributed by atoms with van der Waals surface area (Å²) in [6.07, 6.45) is 4.83. The van der Waals surface area contributed by atoms with E-state index < -0.39 is 0 Å². The van der Waals surface area contributed by atoms with Crippen LogP contribution in [0.3, 0.4) is 0 Å². The summed E-state index contributed by atoms with van der Waals surface area (Å²) < 4.78 is 5.10. The number of methoxy groups -OCH3 is 1. The van der Waals surface area contributed by atoms with E-state index in [0.717, 1.165) is 11.3 Å². The van der Waals surface area contributed by atoms with E-state index >= 15 is 0 Å². The first kappa shape index (κ1) is 13.2. The largest absolute Gasteiger partial charge is 0.497 e. The summed E-state index contributed by atoms with van der Waals surface area (Å²) in [6, 6.07) is 7.79. The molecule has 0 radical (unpaired) electrons. The van der Waals surface area contributed by atoms with Crippen molar-refractivity contribution in [2.75, 3.05) is 12.4 Å². The molecular formula is C13H14N4OS. The Labute approximate surface area is 117 Å². The van der Waals surface area contributed by atoms with E-state index in [1.807, 2.05) is 24.3 Å². The Morgan fingerprint density at radius 1 is 1.26 bits per heavy atom. The highest BCUT2D eigenvalue weighted by molar-refractivity contribution is 7.80. The van der Waals surface area contributed by atoms with Crippen LogP contribution in [-0.2, 0) is 6.54 Å². The Morgan fingerprint density at radius 2 is 2.05 bits per heavy atom. The molecule has 1 aromatic carbocycles. The fourth-order valence-electron chi connectivity index (χ4n) is 1.45. The van der Waals surface area contributed by atoms with Crippen LogP contribution in [-0.4, -0.2) is 22.2 Å². The molecule has 5 nitrogen and oxygen atoms in total. The van der Waals surface area contributed by atoms with Crippen molar-refractivity contribution in [3.05, 3.63) is 48.4 Å². The van der Waals surface area contributed by atoms with Gasteiger partial charge in [0.15, 0.2) is 10.9 Å². The first-order valence-electron chi connectivity index (χ1n) is 5.72. The Kier molecular flexibility index (Phi) is 4.63. The molecule has 6 heteroatoms. The van der Waals surface area contributed by atoms with E-state index in [0.29, 0.717) is 17.5 Å². The van der Waals surface area contributed by atoms with E-state index in [-0.39, 0.29) is 0 Å². The van der Waals surface area contributed by atoms with Crippen molar-refractivity contribution in [2.45, 2.75) is 6.54 Å². The first-order valence-corrected chi connectivity index (χ1v) is 6.12. The first-order chi connectivity index (χ1) is 9.28. The summed E-state index contributed by atoms with van der Waals surface area (Å²) in [7, 11) is 1.65. The highest BCUT2D eigenvalue weighted by Crippen LogP contribution is 2.10. The molecule has 1 heterocycles. The second-order valence-electron chi connectivity index (χ2n) is 3.75. The van der Waals surface area contributed by atoms with Gasteiger partial charge in [0, 0.05) is 18.9 Å². The number of anilines is 1. The van der Waals surface area contributed by atoms with E-state index in [9.17, 15) is 0 Å². The van der Waals surface area contributed by atoms with Gasteiger partial charge in [-0.3, -0.25) is 4.98 Å². The summed E-state index contributed by atoms with van der Waals surface area (Å²) in [4.78, 5) is 8.03. The molecule has 0 aliphatic carbocycles. The number of nitrogens with one attached hydrogen (secondary N) is 2. The third-order valence-corrected chi connectivity index (χ3v) is 2.66. The summed E-state index contributed by atoms with van der Waals surface area (Å²) in [5.74, 6) is 1.46. The third kappa shape index (κ3) is 4.18. The zero-order valence-corrected chi connectivity index (χ0v) is 11.3. The molecule has 0 bridgehead atoms. The fraction of sp³-hybridized carbons (Fsp3) is 0.154. The van der Waals surface area contributed by atoms with Crippen LogP contribution in [0.1, 0.15) is 5.56 Å². The molecule has 19 heavy (non-hydrogen) atoms. The number of ether oxygens (including phenoxy) is 1. The van der Waals surface area contributed by atoms with Crippen LogP contribution in [0.15, 0.2) is 42.9 Å². The summed E-state index contributed by atoms with van der Waals surface area (Å²) >= 11 is 5.17. The SMILES string of the molecule is COc1ccc(CNC(=S)Nc2cnccn2)cc1. The Bertz CT molecular complexity index is 530. The lowest BCUT2D eigenvalue weighted by Crippen LogP contribution is -2.28. The van der Waals surface area contributed by atoms with Crippen LogP contribution < -0.4 is 15.4 Å².